The van der Waals surface area contributed by atoms with Gasteiger partial charge in [0.05, 0.1) is 6.54 Å². The molecule has 1 aromatic carbocycles. The number of carbonyl (C=O) groups is 1. The standard InChI is InChI=1S/C16H23NO2/c1-3-16(4-2)9-10-17(12-16)11-15(19)13-5-7-14(18)8-6-13/h5-8,18H,3-4,9-12H2,1-2H3. The summed E-state index contributed by atoms with van der Waals surface area (Å²) in [6.07, 6.45) is 3.57. The van der Waals surface area contributed by atoms with E-state index in [2.05, 4.69) is 18.7 Å². The van der Waals surface area contributed by atoms with Crippen LogP contribution in [-0.4, -0.2) is 35.4 Å². The van der Waals surface area contributed by atoms with E-state index in [-0.39, 0.29) is 11.5 Å². The van der Waals surface area contributed by atoms with Gasteiger partial charge in [0.15, 0.2) is 5.78 Å². The Morgan fingerprint density at radius 1 is 1.26 bits per heavy atom. The number of Topliss-reactive ketones (excluding diaryl/α,β-unsaturated/α-hetero) is 1. The van der Waals surface area contributed by atoms with E-state index >= 15 is 0 Å². The number of phenolic OH excluding ortho intramolecular Hbond substituents is 1. The van der Waals surface area contributed by atoms with Crippen LogP contribution in [0.1, 0.15) is 43.5 Å². The summed E-state index contributed by atoms with van der Waals surface area (Å²) in [4.78, 5) is 14.4. The second-order valence-electron chi connectivity index (χ2n) is 5.64. The molecule has 0 atom stereocenters. The minimum Gasteiger partial charge on any atom is -0.508 e. The lowest BCUT2D eigenvalue weighted by molar-refractivity contribution is 0.0936. The predicted molar refractivity (Wildman–Crippen MR) is 76.5 cm³/mol. The van der Waals surface area contributed by atoms with Crippen molar-refractivity contribution in [2.45, 2.75) is 33.1 Å². The molecule has 0 amide bonds. The number of nitrogens with zero attached hydrogens (tertiary/aromatic N) is 1. The van der Waals surface area contributed by atoms with Gasteiger partial charge in [0.25, 0.3) is 0 Å². The van der Waals surface area contributed by atoms with Gasteiger partial charge in [-0.1, -0.05) is 13.8 Å². The summed E-state index contributed by atoms with van der Waals surface area (Å²) in [5.74, 6) is 0.344. The summed E-state index contributed by atoms with van der Waals surface area (Å²) in [7, 11) is 0. The zero-order chi connectivity index (χ0) is 13.9. The molecule has 1 aromatic rings. The number of ketones is 1. The number of benzene rings is 1. The number of hydrogen-bond donors (Lipinski definition) is 1. The van der Waals surface area contributed by atoms with Crippen LogP contribution in [0, 0.1) is 5.41 Å². The molecule has 0 bridgehead atoms. The summed E-state index contributed by atoms with van der Waals surface area (Å²) >= 11 is 0. The van der Waals surface area contributed by atoms with E-state index in [0.717, 1.165) is 13.1 Å². The topological polar surface area (TPSA) is 40.5 Å². The van der Waals surface area contributed by atoms with Crippen LogP contribution in [0.25, 0.3) is 0 Å². The zero-order valence-corrected chi connectivity index (χ0v) is 11.9. The van der Waals surface area contributed by atoms with E-state index in [1.165, 1.54) is 19.3 Å². The Bertz CT molecular complexity index is 435. The molecule has 0 radical (unpaired) electrons. The molecule has 2 rings (SSSR count). The van der Waals surface area contributed by atoms with Crippen molar-refractivity contribution in [1.29, 1.82) is 0 Å². The molecule has 0 saturated carbocycles. The van der Waals surface area contributed by atoms with E-state index < -0.39 is 0 Å². The van der Waals surface area contributed by atoms with Gasteiger partial charge in [-0.25, -0.2) is 0 Å². The highest BCUT2D eigenvalue weighted by Crippen LogP contribution is 2.36. The van der Waals surface area contributed by atoms with Gasteiger partial charge in [0, 0.05) is 12.1 Å². The first-order valence-corrected chi connectivity index (χ1v) is 7.13. The third-order valence-corrected chi connectivity index (χ3v) is 4.57. The highest BCUT2D eigenvalue weighted by Gasteiger charge is 2.35. The van der Waals surface area contributed by atoms with Gasteiger partial charge < -0.3 is 5.11 Å². The Kier molecular flexibility index (Phi) is 4.25. The van der Waals surface area contributed by atoms with E-state index in [1.807, 2.05) is 0 Å². The Morgan fingerprint density at radius 2 is 1.89 bits per heavy atom. The van der Waals surface area contributed by atoms with Gasteiger partial charge in [-0.3, -0.25) is 9.69 Å². The lowest BCUT2D eigenvalue weighted by Gasteiger charge is -2.26. The molecule has 0 spiro atoms. The molecule has 1 saturated heterocycles. The number of carbonyl (C=O) groups excluding carboxylic acids is 1. The van der Waals surface area contributed by atoms with Crippen molar-refractivity contribution >= 4 is 5.78 Å². The normalized spacial score (nSPS) is 18.6. The number of likely N-dealkylation sites (tertiary alicyclic amines) is 1. The highest BCUT2D eigenvalue weighted by molar-refractivity contribution is 5.97. The summed E-state index contributed by atoms with van der Waals surface area (Å²) in [5, 5.41) is 9.23. The maximum atomic E-state index is 12.2. The lowest BCUT2D eigenvalue weighted by Crippen LogP contribution is -2.30. The van der Waals surface area contributed by atoms with Crippen molar-refractivity contribution in [3.8, 4) is 5.75 Å². The number of hydrogen-bond acceptors (Lipinski definition) is 3. The largest absolute Gasteiger partial charge is 0.508 e. The third kappa shape index (κ3) is 3.16. The first-order valence-electron chi connectivity index (χ1n) is 7.13. The van der Waals surface area contributed by atoms with Crippen LogP contribution < -0.4 is 0 Å². The molecule has 0 aliphatic carbocycles. The smallest absolute Gasteiger partial charge is 0.176 e. The number of phenols is 1. The molecule has 1 aliphatic heterocycles. The molecule has 3 nitrogen and oxygen atoms in total. The molecular weight excluding hydrogens is 238 g/mol. The van der Waals surface area contributed by atoms with Crippen LogP contribution in [-0.2, 0) is 0 Å². The summed E-state index contributed by atoms with van der Waals surface area (Å²) < 4.78 is 0. The van der Waals surface area contributed by atoms with Crippen molar-refractivity contribution in [1.82, 2.24) is 4.90 Å². The summed E-state index contributed by atoms with van der Waals surface area (Å²) in [6, 6.07) is 6.53. The molecular formula is C16H23NO2. The van der Waals surface area contributed by atoms with Gasteiger partial charge in [-0.2, -0.15) is 0 Å². The Labute approximate surface area is 115 Å². The van der Waals surface area contributed by atoms with Crippen LogP contribution in [0.3, 0.4) is 0 Å². The van der Waals surface area contributed by atoms with Crippen molar-refractivity contribution in [3.05, 3.63) is 29.8 Å². The lowest BCUT2D eigenvalue weighted by atomic mass is 9.82. The fourth-order valence-corrected chi connectivity index (χ4v) is 2.93. The minimum atomic E-state index is 0.142. The zero-order valence-electron chi connectivity index (χ0n) is 11.9. The Hall–Kier alpha value is -1.35. The average molecular weight is 261 g/mol. The molecule has 0 aromatic heterocycles. The van der Waals surface area contributed by atoms with E-state index in [9.17, 15) is 9.90 Å². The van der Waals surface area contributed by atoms with Crippen LogP contribution in [0.2, 0.25) is 0 Å². The SMILES string of the molecule is CCC1(CC)CCN(CC(=O)c2ccc(O)cc2)C1. The second-order valence-corrected chi connectivity index (χ2v) is 5.64. The molecule has 1 fully saturated rings. The molecule has 104 valence electrons. The highest BCUT2D eigenvalue weighted by atomic mass is 16.3. The number of aromatic hydroxyl groups is 1. The summed E-state index contributed by atoms with van der Waals surface area (Å²) in [6.45, 7) is 7.03. The van der Waals surface area contributed by atoms with Gasteiger partial charge in [-0.15, -0.1) is 0 Å². The quantitative estimate of drug-likeness (QED) is 0.828. The average Bonchev–Trinajstić information content (AvgIpc) is 2.83. The molecule has 1 heterocycles. The van der Waals surface area contributed by atoms with Crippen LogP contribution in [0.4, 0.5) is 0 Å². The first-order chi connectivity index (χ1) is 9.08. The van der Waals surface area contributed by atoms with E-state index in [0.29, 0.717) is 17.5 Å². The fourth-order valence-electron chi connectivity index (χ4n) is 2.93. The Balaban J connectivity index is 1.95. The predicted octanol–water partition coefficient (Wildman–Crippen LogP) is 3.09. The van der Waals surface area contributed by atoms with Crippen LogP contribution in [0.5, 0.6) is 5.75 Å². The molecule has 1 N–H and O–H groups in total. The van der Waals surface area contributed by atoms with Crippen LogP contribution >= 0.6 is 0 Å². The summed E-state index contributed by atoms with van der Waals surface area (Å²) in [5.41, 5.74) is 1.10. The fraction of sp³-hybridized carbons (Fsp3) is 0.562. The number of rotatable bonds is 5. The second kappa shape index (κ2) is 5.74. The third-order valence-electron chi connectivity index (χ3n) is 4.57. The molecule has 19 heavy (non-hydrogen) atoms. The molecule has 1 aliphatic rings. The molecule has 0 unspecified atom stereocenters. The van der Waals surface area contributed by atoms with Crippen molar-refractivity contribution in [3.63, 3.8) is 0 Å². The maximum Gasteiger partial charge on any atom is 0.176 e. The van der Waals surface area contributed by atoms with E-state index in [4.69, 9.17) is 0 Å². The maximum absolute atomic E-state index is 12.2. The van der Waals surface area contributed by atoms with Gasteiger partial charge in [0.2, 0.25) is 0 Å². The Morgan fingerprint density at radius 3 is 2.42 bits per heavy atom. The monoisotopic (exact) mass is 261 g/mol. The van der Waals surface area contributed by atoms with Crippen molar-refractivity contribution in [2.75, 3.05) is 19.6 Å². The van der Waals surface area contributed by atoms with Gasteiger partial charge in [-0.05, 0) is 55.5 Å². The molecule has 3 heteroatoms. The van der Waals surface area contributed by atoms with Crippen LogP contribution in [0.15, 0.2) is 24.3 Å². The first kappa shape index (κ1) is 14.1. The van der Waals surface area contributed by atoms with E-state index in [1.54, 1.807) is 24.3 Å². The van der Waals surface area contributed by atoms with Crippen molar-refractivity contribution in [2.24, 2.45) is 5.41 Å². The van der Waals surface area contributed by atoms with Gasteiger partial charge in [0.1, 0.15) is 5.75 Å². The van der Waals surface area contributed by atoms with Gasteiger partial charge >= 0.3 is 0 Å². The minimum absolute atomic E-state index is 0.142. The van der Waals surface area contributed by atoms with Crippen molar-refractivity contribution < 1.29 is 9.90 Å².